The standard InChI is InChI=1S/C17H38O7Si4/c1-12-17(21-16(19)14-13-15(18)20-2)28(22-25(3,4)5,23-26(6,7)8)24-27(9,10)11/h13-14,17H,12H2,1-11H3. The molecule has 0 radical (unpaired) electrons. The van der Waals surface area contributed by atoms with Gasteiger partial charge in [-0.1, -0.05) is 6.92 Å². The van der Waals surface area contributed by atoms with E-state index in [0.29, 0.717) is 6.42 Å². The van der Waals surface area contributed by atoms with Crippen molar-refractivity contribution < 1.29 is 31.4 Å². The van der Waals surface area contributed by atoms with Crippen LogP contribution in [0.15, 0.2) is 12.2 Å². The summed E-state index contributed by atoms with van der Waals surface area (Å²) < 4.78 is 30.0. The summed E-state index contributed by atoms with van der Waals surface area (Å²) in [4.78, 5) is 23.6. The first-order valence-corrected chi connectivity index (χ1v) is 21.5. The smallest absolute Gasteiger partial charge is 0.466 e. The van der Waals surface area contributed by atoms with Gasteiger partial charge >= 0.3 is 20.7 Å². The first-order chi connectivity index (χ1) is 12.4. The largest absolute Gasteiger partial charge is 0.512 e. The first-order valence-electron chi connectivity index (χ1n) is 9.50. The summed E-state index contributed by atoms with van der Waals surface area (Å²) in [6.45, 7) is 20.6. The van der Waals surface area contributed by atoms with Gasteiger partial charge in [-0.3, -0.25) is 0 Å². The first kappa shape index (κ1) is 27.4. The maximum absolute atomic E-state index is 12.3. The molecule has 0 rings (SSSR count). The fraction of sp³-hybridized carbons (Fsp3) is 0.765. The number of esters is 2. The lowest BCUT2D eigenvalue weighted by Crippen LogP contribution is -2.67. The minimum atomic E-state index is -3.37. The minimum absolute atomic E-state index is 0.490. The molecule has 0 amide bonds. The molecule has 0 aliphatic carbocycles. The van der Waals surface area contributed by atoms with Gasteiger partial charge in [-0.25, -0.2) is 9.59 Å². The van der Waals surface area contributed by atoms with Crippen molar-refractivity contribution in [2.75, 3.05) is 7.11 Å². The second kappa shape index (κ2) is 10.5. The van der Waals surface area contributed by atoms with Gasteiger partial charge in [0.15, 0.2) is 30.7 Å². The Labute approximate surface area is 174 Å². The van der Waals surface area contributed by atoms with Crippen molar-refractivity contribution in [2.45, 2.75) is 78.0 Å². The summed E-state index contributed by atoms with van der Waals surface area (Å²) in [7, 11) is -8.40. The Balaban J connectivity index is 6.06. The summed E-state index contributed by atoms with van der Waals surface area (Å²) in [6, 6.07) is 0. The van der Waals surface area contributed by atoms with Crippen molar-refractivity contribution in [3.05, 3.63) is 12.2 Å². The normalized spacial score (nSPS) is 14.8. The molecule has 0 aromatic rings. The number of carbonyl (C=O) groups excluding carboxylic acids is 2. The zero-order valence-corrected chi connectivity index (χ0v) is 23.3. The van der Waals surface area contributed by atoms with Crippen molar-refractivity contribution >= 4 is 45.7 Å². The summed E-state index contributed by atoms with van der Waals surface area (Å²) in [5.41, 5.74) is -0.646. The van der Waals surface area contributed by atoms with Crippen LogP contribution >= 0.6 is 0 Å². The Bertz CT molecular complexity index is 519. The van der Waals surface area contributed by atoms with Crippen LogP contribution in [0.2, 0.25) is 58.9 Å². The van der Waals surface area contributed by atoms with Crippen molar-refractivity contribution in [1.29, 1.82) is 0 Å². The lowest BCUT2D eigenvalue weighted by Gasteiger charge is -2.45. The third-order valence-corrected chi connectivity index (χ3v) is 15.0. The number of ether oxygens (including phenoxy) is 2. The molecule has 0 aliphatic heterocycles. The molecular weight excluding hydrogens is 429 g/mol. The topological polar surface area (TPSA) is 80.3 Å². The quantitative estimate of drug-likeness (QED) is 0.258. The van der Waals surface area contributed by atoms with E-state index in [1.807, 2.05) is 6.92 Å². The fourth-order valence-corrected chi connectivity index (χ4v) is 16.5. The molecule has 0 saturated carbocycles. The van der Waals surface area contributed by atoms with E-state index in [9.17, 15) is 9.59 Å². The zero-order chi connectivity index (χ0) is 22.4. The molecule has 0 aromatic heterocycles. The Morgan fingerprint density at radius 2 is 1.11 bits per heavy atom. The zero-order valence-electron chi connectivity index (χ0n) is 19.3. The maximum atomic E-state index is 12.3. The maximum Gasteiger partial charge on any atom is 0.512 e. The second-order valence-electron chi connectivity index (χ2n) is 9.44. The van der Waals surface area contributed by atoms with Crippen molar-refractivity contribution in [1.82, 2.24) is 0 Å². The number of rotatable bonds is 11. The van der Waals surface area contributed by atoms with Gasteiger partial charge in [0, 0.05) is 12.2 Å². The number of carbonyl (C=O) groups is 2. The molecule has 0 saturated heterocycles. The van der Waals surface area contributed by atoms with Crippen LogP contribution in [0.3, 0.4) is 0 Å². The highest BCUT2D eigenvalue weighted by Crippen LogP contribution is 2.31. The number of hydrogen-bond acceptors (Lipinski definition) is 7. The summed E-state index contributed by atoms with van der Waals surface area (Å²) >= 11 is 0. The fourth-order valence-electron chi connectivity index (χ4n) is 2.33. The second-order valence-corrected chi connectivity index (χ2v) is 26.4. The van der Waals surface area contributed by atoms with Crippen molar-refractivity contribution in [2.24, 2.45) is 0 Å². The van der Waals surface area contributed by atoms with Crippen molar-refractivity contribution in [3.63, 3.8) is 0 Å². The molecule has 0 aliphatic rings. The lowest BCUT2D eigenvalue weighted by molar-refractivity contribution is -0.142. The molecule has 0 aromatic carbocycles. The van der Waals surface area contributed by atoms with E-state index in [0.717, 1.165) is 12.2 Å². The van der Waals surface area contributed by atoms with Gasteiger partial charge in [-0.2, -0.15) is 0 Å². The molecule has 0 bridgehead atoms. The highest BCUT2D eigenvalue weighted by Gasteiger charge is 2.57. The Hall–Kier alpha value is -0.572. The SMILES string of the molecule is CCC(OC(=O)C=CC(=O)OC)[Si](O[Si](C)(C)C)(O[Si](C)(C)C)O[Si](C)(C)C. The van der Waals surface area contributed by atoms with Gasteiger partial charge in [0.05, 0.1) is 7.11 Å². The average molecular weight is 467 g/mol. The van der Waals surface area contributed by atoms with Crippen LogP contribution in [0.1, 0.15) is 13.3 Å². The Kier molecular flexibility index (Phi) is 10.2. The van der Waals surface area contributed by atoms with Gasteiger partial charge in [0.25, 0.3) is 0 Å². The van der Waals surface area contributed by atoms with Gasteiger partial charge in [0.1, 0.15) is 0 Å². The Morgan fingerprint density at radius 3 is 1.39 bits per heavy atom. The molecular formula is C17H38O7Si4. The highest BCUT2D eigenvalue weighted by molar-refractivity contribution is 6.90. The van der Waals surface area contributed by atoms with E-state index in [2.05, 4.69) is 63.7 Å². The predicted molar refractivity (Wildman–Crippen MR) is 120 cm³/mol. The minimum Gasteiger partial charge on any atom is -0.466 e. The molecule has 0 spiro atoms. The van der Waals surface area contributed by atoms with E-state index in [-0.39, 0.29) is 0 Å². The summed E-state index contributed by atoms with van der Waals surface area (Å²) in [5.74, 6) is -1.27. The van der Waals surface area contributed by atoms with E-state index < -0.39 is 51.4 Å². The molecule has 1 unspecified atom stereocenters. The molecule has 164 valence electrons. The van der Waals surface area contributed by atoms with Crippen LogP contribution in [0.5, 0.6) is 0 Å². The summed E-state index contributed by atoms with van der Waals surface area (Å²) in [5, 5.41) is 0. The van der Waals surface area contributed by atoms with Crippen LogP contribution in [-0.2, 0) is 31.4 Å². The molecule has 0 heterocycles. The molecule has 1 atom stereocenters. The van der Waals surface area contributed by atoms with Crippen molar-refractivity contribution in [3.8, 4) is 0 Å². The van der Waals surface area contributed by atoms with E-state index in [1.165, 1.54) is 7.11 Å². The number of hydrogen-bond donors (Lipinski definition) is 0. The highest BCUT2D eigenvalue weighted by atomic mass is 28.5. The van der Waals surface area contributed by atoms with Gasteiger partial charge < -0.3 is 21.8 Å². The molecule has 0 fully saturated rings. The number of methoxy groups -OCH3 is 1. The molecule has 0 N–H and O–H groups in total. The van der Waals surface area contributed by atoms with Gasteiger partial charge in [-0.05, 0) is 65.3 Å². The van der Waals surface area contributed by atoms with Gasteiger partial charge in [-0.15, -0.1) is 0 Å². The van der Waals surface area contributed by atoms with Crippen LogP contribution in [0, 0.1) is 0 Å². The molecule has 7 nitrogen and oxygen atoms in total. The third-order valence-electron chi connectivity index (χ3n) is 2.93. The lowest BCUT2D eigenvalue weighted by atomic mass is 10.5. The van der Waals surface area contributed by atoms with E-state index >= 15 is 0 Å². The average Bonchev–Trinajstić information content (AvgIpc) is 2.44. The predicted octanol–water partition coefficient (Wildman–Crippen LogP) is 4.07. The van der Waals surface area contributed by atoms with Gasteiger partial charge in [0.2, 0.25) is 0 Å². The van der Waals surface area contributed by atoms with Crippen LogP contribution in [0.25, 0.3) is 0 Å². The van der Waals surface area contributed by atoms with Crippen LogP contribution in [-0.4, -0.2) is 58.5 Å². The van der Waals surface area contributed by atoms with Crippen LogP contribution in [0.4, 0.5) is 0 Å². The van der Waals surface area contributed by atoms with E-state index in [1.54, 1.807) is 0 Å². The Morgan fingerprint density at radius 1 is 0.750 bits per heavy atom. The van der Waals surface area contributed by atoms with Crippen LogP contribution < -0.4 is 0 Å². The molecule has 11 heteroatoms. The summed E-state index contributed by atoms with van der Waals surface area (Å²) in [6.07, 6.45) is 2.59. The van der Waals surface area contributed by atoms with E-state index in [4.69, 9.17) is 17.1 Å². The monoisotopic (exact) mass is 466 g/mol. The third kappa shape index (κ3) is 11.4. The molecule has 28 heavy (non-hydrogen) atoms.